The quantitative estimate of drug-likeness (QED) is 0.316. The van der Waals surface area contributed by atoms with Gasteiger partial charge in [-0.25, -0.2) is 4.79 Å². The van der Waals surface area contributed by atoms with Crippen molar-refractivity contribution in [1.82, 2.24) is 0 Å². The number of hydrogen-bond acceptors (Lipinski definition) is 2. The lowest BCUT2D eigenvalue weighted by Gasteiger charge is -2.04. The van der Waals surface area contributed by atoms with Crippen LogP contribution >= 0.6 is 0 Å². The predicted octanol–water partition coefficient (Wildman–Crippen LogP) is 5.96. The molecule has 0 atom stereocenters. The smallest absolute Gasteiger partial charge is 0.343 e. The van der Waals surface area contributed by atoms with E-state index in [0.717, 1.165) is 23.1 Å². The third-order valence-electron chi connectivity index (χ3n) is 4.48. The van der Waals surface area contributed by atoms with E-state index in [1.54, 1.807) is 24.3 Å². The summed E-state index contributed by atoms with van der Waals surface area (Å²) >= 11 is 0. The van der Waals surface area contributed by atoms with Gasteiger partial charge in [-0.05, 0) is 73.9 Å². The van der Waals surface area contributed by atoms with Crippen molar-refractivity contribution in [1.29, 1.82) is 0 Å². The van der Waals surface area contributed by atoms with Crippen molar-refractivity contribution in [2.24, 2.45) is 0 Å². The van der Waals surface area contributed by atoms with E-state index >= 15 is 0 Å². The Labute approximate surface area is 167 Å². The minimum absolute atomic E-state index is 0.369. The van der Waals surface area contributed by atoms with E-state index in [4.69, 9.17) is 4.74 Å². The molecule has 28 heavy (non-hydrogen) atoms. The van der Waals surface area contributed by atoms with Gasteiger partial charge in [0.25, 0.3) is 0 Å². The zero-order valence-corrected chi connectivity index (χ0v) is 16.4. The van der Waals surface area contributed by atoms with Gasteiger partial charge in [0.15, 0.2) is 0 Å². The van der Waals surface area contributed by atoms with Gasteiger partial charge in [-0.15, -0.1) is 0 Å². The first-order chi connectivity index (χ1) is 13.6. The fourth-order valence-corrected chi connectivity index (χ4v) is 2.74. The van der Waals surface area contributed by atoms with E-state index < -0.39 is 0 Å². The van der Waals surface area contributed by atoms with Gasteiger partial charge in [0.05, 0.1) is 5.56 Å². The van der Waals surface area contributed by atoms with E-state index in [-0.39, 0.29) is 5.97 Å². The molecule has 0 amide bonds. The van der Waals surface area contributed by atoms with E-state index in [1.165, 1.54) is 18.4 Å². The highest BCUT2D eigenvalue weighted by Gasteiger charge is 2.08. The van der Waals surface area contributed by atoms with Crippen LogP contribution in [0.15, 0.2) is 72.8 Å². The molecule has 3 aromatic carbocycles. The summed E-state index contributed by atoms with van der Waals surface area (Å²) in [7, 11) is 0. The van der Waals surface area contributed by atoms with Crippen LogP contribution in [0.1, 0.15) is 52.4 Å². The van der Waals surface area contributed by atoms with Gasteiger partial charge in [-0.3, -0.25) is 0 Å². The molecule has 0 saturated heterocycles. The van der Waals surface area contributed by atoms with Crippen LogP contribution in [0.3, 0.4) is 0 Å². The van der Waals surface area contributed by atoms with Crippen molar-refractivity contribution < 1.29 is 9.53 Å². The van der Waals surface area contributed by atoms with Crippen LogP contribution in [0.5, 0.6) is 5.75 Å². The third kappa shape index (κ3) is 5.59. The van der Waals surface area contributed by atoms with Crippen LogP contribution in [0.2, 0.25) is 0 Å². The summed E-state index contributed by atoms with van der Waals surface area (Å²) in [6, 6.07) is 23.0. The number of carbonyl (C=O) groups is 1. The Kier molecular flexibility index (Phi) is 6.65. The number of rotatable bonds is 5. The molecule has 140 valence electrons. The van der Waals surface area contributed by atoms with Gasteiger partial charge in [0.1, 0.15) is 5.75 Å². The van der Waals surface area contributed by atoms with Crippen LogP contribution in [-0.2, 0) is 6.42 Å². The molecule has 0 N–H and O–H groups in total. The summed E-state index contributed by atoms with van der Waals surface area (Å²) in [5, 5.41) is 0. The van der Waals surface area contributed by atoms with E-state index in [0.29, 0.717) is 11.3 Å². The Morgan fingerprint density at radius 3 is 1.96 bits per heavy atom. The lowest BCUT2D eigenvalue weighted by Crippen LogP contribution is -2.08. The predicted molar refractivity (Wildman–Crippen MR) is 114 cm³/mol. The Bertz CT molecular complexity index is 970. The van der Waals surface area contributed by atoms with E-state index in [9.17, 15) is 4.79 Å². The molecule has 0 fully saturated rings. The Balaban J connectivity index is 1.62. The molecule has 2 heteroatoms. The standard InChI is InChI=1S/C26H24O2/c1-3-4-5-21-8-10-22(11-9-21)12-13-23-14-16-24(17-15-23)26(27)28-25-18-6-20(2)7-19-25/h6-11,14-19H,3-5H2,1-2H3. The molecule has 0 aliphatic carbocycles. The van der Waals surface area contributed by atoms with Crippen molar-refractivity contribution in [2.75, 3.05) is 0 Å². The average molecular weight is 368 g/mol. The fourth-order valence-electron chi connectivity index (χ4n) is 2.74. The molecule has 3 aromatic rings. The lowest BCUT2D eigenvalue weighted by atomic mass is 10.1. The van der Waals surface area contributed by atoms with Gasteiger partial charge < -0.3 is 4.74 Å². The fraction of sp³-hybridized carbons (Fsp3) is 0.192. The zero-order valence-electron chi connectivity index (χ0n) is 16.4. The van der Waals surface area contributed by atoms with Crippen LogP contribution in [-0.4, -0.2) is 5.97 Å². The highest BCUT2D eigenvalue weighted by molar-refractivity contribution is 5.91. The van der Waals surface area contributed by atoms with Gasteiger partial charge in [-0.1, -0.05) is 55.0 Å². The lowest BCUT2D eigenvalue weighted by molar-refractivity contribution is 0.0734. The topological polar surface area (TPSA) is 26.3 Å². The first kappa shape index (κ1) is 19.5. The average Bonchev–Trinajstić information content (AvgIpc) is 2.73. The van der Waals surface area contributed by atoms with Crippen LogP contribution in [0, 0.1) is 18.8 Å². The zero-order chi connectivity index (χ0) is 19.8. The molecule has 0 bridgehead atoms. The minimum Gasteiger partial charge on any atom is -0.423 e. The number of unbranched alkanes of at least 4 members (excludes halogenated alkanes) is 1. The molecule has 0 spiro atoms. The van der Waals surface area contributed by atoms with E-state index in [1.807, 2.05) is 31.2 Å². The van der Waals surface area contributed by atoms with Crippen LogP contribution in [0.4, 0.5) is 0 Å². The molecule has 2 nitrogen and oxygen atoms in total. The van der Waals surface area contributed by atoms with Crippen molar-refractivity contribution >= 4 is 5.97 Å². The number of carbonyl (C=O) groups excluding carboxylic acids is 1. The molecular formula is C26H24O2. The second kappa shape index (κ2) is 9.58. The van der Waals surface area contributed by atoms with Crippen molar-refractivity contribution in [3.63, 3.8) is 0 Å². The summed E-state index contributed by atoms with van der Waals surface area (Å²) in [4.78, 5) is 12.2. The molecule has 0 heterocycles. The third-order valence-corrected chi connectivity index (χ3v) is 4.48. The number of ether oxygens (including phenoxy) is 1. The summed E-state index contributed by atoms with van der Waals surface area (Å²) in [6.07, 6.45) is 3.53. The summed E-state index contributed by atoms with van der Waals surface area (Å²) in [5.74, 6) is 6.49. The second-order valence-electron chi connectivity index (χ2n) is 6.83. The highest BCUT2D eigenvalue weighted by atomic mass is 16.5. The number of benzene rings is 3. The monoisotopic (exact) mass is 368 g/mol. The first-order valence-electron chi connectivity index (χ1n) is 9.64. The van der Waals surface area contributed by atoms with Crippen molar-refractivity contribution in [3.8, 4) is 17.6 Å². The van der Waals surface area contributed by atoms with Crippen molar-refractivity contribution in [2.45, 2.75) is 33.1 Å². The molecule has 3 rings (SSSR count). The van der Waals surface area contributed by atoms with E-state index in [2.05, 4.69) is 43.0 Å². The number of esters is 1. The number of hydrogen-bond donors (Lipinski definition) is 0. The molecule has 0 aliphatic heterocycles. The highest BCUT2D eigenvalue weighted by Crippen LogP contribution is 2.14. The normalized spacial score (nSPS) is 10.1. The maximum atomic E-state index is 12.2. The largest absolute Gasteiger partial charge is 0.423 e. The molecular weight excluding hydrogens is 344 g/mol. The van der Waals surface area contributed by atoms with Crippen molar-refractivity contribution in [3.05, 3.63) is 101 Å². The van der Waals surface area contributed by atoms with Crippen LogP contribution in [0.25, 0.3) is 0 Å². The Morgan fingerprint density at radius 2 is 1.39 bits per heavy atom. The summed E-state index contributed by atoms with van der Waals surface area (Å²) in [6.45, 7) is 4.19. The maximum absolute atomic E-state index is 12.2. The summed E-state index contributed by atoms with van der Waals surface area (Å²) in [5.41, 5.74) is 4.83. The van der Waals surface area contributed by atoms with Gasteiger partial charge in [0, 0.05) is 11.1 Å². The van der Waals surface area contributed by atoms with Gasteiger partial charge in [0.2, 0.25) is 0 Å². The molecule has 0 radical (unpaired) electrons. The maximum Gasteiger partial charge on any atom is 0.343 e. The summed E-state index contributed by atoms with van der Waals surface area (Å²) < 4.78 is 5.39. The number of aryl methyl sites for hydroxylation is 2. The van der Waals surface area contributed by atoms with Gasteiger partial charge >= 0.3 is 5.97 Å². The SMILES string of the molecule is CCCCc1ccc(C#Cc2ccc(C(=O)Oc3ccc(C)cc3)cc2)cc1. The Hall–Kier alpha value is -3.31. The minimum atomic E-state index is -0.369. The Morgan fingerprint density at radius 1 is 0.821 bits per heavy atom. The molecule has 0 aliphatic rings. The molecule has 0 unspecified atom stereocenters. The van der Waals surface area contributed by atoms with Crippen LogP contribution < -0.4 is 4.74 Å². The van der Waals surface area contributed by atoms with Gasteiger partial charge in [-0.2, -0.15) is 0 Å². The first-order valence-corrected chi connectivity index (χ1v) is 9.64. The second-order valence-corrected chi connectivity index (χ2v) is 6.83. The molecule has 0 saturated carbocycles. The molecule has 0 aromatic heterocycles.